The number of nitrogens with two attached hydrogens (primary N) is 1. The first kappa shape index (κ1) is 15.3. The van der Waals surface area contributed by atoms with Crippen LogP contribution in [0.5, 0.6) is 0 Å². The van der Waals surface area contributed by atoms with Crippen molar-refractivity contribution in [3.05, 3.63) is 24.0 Å². The second kappa shape index (κ2) is 6.10. The topological polar surface area (TPSA) is 72.2 Å². The summed E-state index contributed by atoms with van der Waals surface area (Å²) in [6.07, 6.45) is 4.98. The fraction of sp³-hybridized carbons (Fsp3) is 0.571. The van der Waals surface area contributed by atoms with Crippen LogP contribution in [0.15, 0.2) is 23.1 Å². The summed E-state index contributed by atoms with van der Waals surface area (Å²) >= 11 is 0. The van der Waals surface area contributed by atoms with E-state index >= 15 is 0 Å². The minimum Gasteiger partial charge on any atom is -0.399 e. The molecule has 2 atom stereocenters. The van der Waals surface area contributed by atoms with Crippen LogP contribution in [0, 0.1) is 11.7 Å². The number of rotatable bonds is 4. The number of nitrogen functional groups attached to an aromatic ring is 1. The largest absolute Gasteiger partial charge is 0.399 e. The van der Waals surface area contributed by atoms with Crippen molar-refractivity contribution in [2.24, 2.45) is 5.92 Å². The summed E-state index contributed by atoms with van der Waals surface area (Å²) in [5.41, 5.74) is 5.62. The van der Waals surface area contributed by atoms with Crippen molar-refractivity contribution in [1.29, 1.82) is 0 Å². The maximum atomic E-state index is 13.3. The summed E-state index contributed by atoms with van der Waals surface area (Å²) in [5, 5.41) is 0. The van der Waals surface area contributed by atoms with Crippen molar-refractivity contribution < 1.29 is 12.8 Å². The van der Waals surface area contributed by atoms with Gasteiger partial charge in [0, 0.05) is 11.7 Å². The van der Waals surface area contributed by atoms with E-state index in [1.54, 1.807) is 0 Å². The number of sulfonamides is 1. The Kier molecular flexibility index (Phi) is 4.65. The molecule has 112 valence electrons. The highest BCUT2D eigenvalue weighted by atomic mass is 32.2. The molecule has 0 bridgehead atoms. The van der Waals surface area contributed by atoms with E-state index in [1.165, 1.54) is 6.07 Å². The molecule has 1 aromatic carbocycles. The molecule has 6 heteroatoms. The van der Waals surface area contributed by atoms with Gasteiger partial charge in [0.15, 0.2) is 0 Å². The van der Waals surface area contributed by atoms with E-state index in [1.807, 2.05) is 0 Å². The van der Waals surface area contributed by atoms with Crippen LogP contribution in [0.1, 0.15) is 39.0 Å². The lowest BCUT2D eigenvalue weighted by molar-refractivity contribution is 0.282. The molecular weight excluding hydrogens is 279 g/mol. The van der Waals surface area contributed by atoms with E-state index in [2.05, 4.69) is 11.6 Å². The van der Waals surface area contributed by atoms with Crippen molar-refractivity contribution in [1.82, 2.24) is 4.72 Å². The Morgan fingerprint density at radius 1 is 1.30 bits per heavy atom. The molecule has 4 nitrogen and oxygen atoms in total. The zero-order valence-electron chi connectivity index (χ0n) is 11.6. The van der Waals surface area contributed by atoms with Crippen LogP contribution < -0.4 is 10.5 Å². The van der Waals surface area contributed by atoms with Gasteiger partial charge in [-0.15, -0.1) is 0 Å². The van der Waals surface area contributed by atoms with Gasteiger partial charge in [0.1, 0.15) is 5.82 Å². The Bertz CT molecular complexity index is 554. The monoisotopic (exact) mass is 300 g/mol. The summed E-state index contributed by atoms with van der Waals surface area (Å²) in [4.78, 5) is -0.101. The van der Waals surface area contributed by atoms with Gasteiger partial charge in [0.2, 0.25) is 10.0 Å². The predicted molar refractivity (Wildman–Crippen MR) is 77.2 cm³/mol. The molecule has 0 aliphatic heterocycles. The molecule has 2 rings (SSSR count). The van der Waals surface area contributed by atoms with Crippen LogP contribution in [-0.2, 0) is 10.0 Å². The van der Waals surface area contributed by atoms with Gasteiger partial charge in [0.25, 0.3) is 0 Å². The molecular formula is C14H21FN2O2S. The number of benzene rings is 1. The molecule has 3 N–H and O–H groups in total. The summed E-state index contributed by atoms with van der Waals surface area (Å²) in [5.74, 6) is -0.287. The zero-order valence-corrected chi connectivity index (χ0v) is 12.4. The SMILES string of the molecule is CCC1CCCCC1NS(=O)(=O)c1cc(N)cc(F)c1. The lowest BCUT2D eigenvalue weighted by atomic mass is 9.83. The molecule has 0 amide bonds. The Morgan fingerprint density at radius 3 is 2.65 bits per heavy atom. The number of halogens is 1. The molecule has 1 aliphatic rings. The molecule has 1 saturated carbocycles. The molecule has 2 unspecified atom stereocenters. The van der Waals surface area contributed by atoms with Crippen LogP contribution in [-0.4, -0.2) is 14.5 Å². The molecule has 20 heavy (non-hydrogen) atoms. The highest BCUT2D eigenvalue weighted by Gasteiger charge is 2.28. The van der Waals surface area contributed by atoms with Crippen LogP contribution >= 0.6 is 0 Å². The van der Waals surface area contributed by atoms with Crippen molar-refractivity contribution >= 4 is 15.7 Å². The molecule has 1 aliphatic carbocycles. The van der Waals surface area contributed by atoms with Crippen LogP contribution in [0.25, 0.3) is 0 Å². The summed E-state index contributed by atoms with van der Waals surface area (Å²) < 4.78 is 40.7. The summed E-state index contributed by atoms with van der Waals surface area (Å²) in [7, 11) is -3.72. The highest BCUT2D eigenvalue weighted by Crippen LogP contribution is 2.28. The first-order valence-corrected chi connectivity index (χ1v) is 8.49. The average Bonchev–Trinajstić information content (AvgIpc) is 2.38. The normalized spacial score (nSPS) is 23.7. The highest BCUT2D eigenvalue weighted by molar-refractivity contribution is 7.89. The number of hydrogen-bond donors (Lipinski definition) is 2. The standard InChI is InChI=1S/C14H21FN2O2S/c1-2-10-5-3-4-6-14(10)17-20(18,19)13-8-11(15)7-12(16)9-13/h7-10,14,17H,2-6,16H2,1H3. The first-order chi connectivity index (χ1) is 9.42. The molecule has 0 aromatic heterocycles. The minimum absolute atomic E-state index is 0.0664. The lowest BCUT2D eigenvalue weighted by Gasteiger charge is -2.31. The predicted octanol–water partition coefficient (Wildman–Crippen LogP) is 2.66. The fourth-order valence-corrected chi connectivity index (χ4v) is 4.26. The third kappa shape index (κ3) is 3.49. The molecule has 0 spiro atoms. The summed E-state index contributed by atoms with van der Waals surface area (Å²) in [6.45, 7) is 2.07. The van der Waals surface area contributed by atoms with Gasteiger partial charge >= 0.3 is 0 Å². The van der Waals surface area contributed by atoms with E-state index in [0.29, 0.717) is 5.92 Å². The van der Waals surface area contributed by atoms with E-state index in [4.69, 9.17) is 5.73 Å². The molecule has 0 saturated heterocycles. The fourth-order valence-electron chi connectivity index (χ4n) is 2.86. The van der Waals surface area contributed by atoms with Gasteiger partial charge in [-0.05, 0) is 37.0 Å². The van der Waals surface area contributed by atoms with E-state index in [-0.39, 0.29) is 16.6 Å². The second-order valence-corrected chi connectivity index (χ2v) is 7.11. The van der Waals surface area contributed by atoms with Crippen LogP contribution in [0.3, 0.4) is 0 Å². The minimum atomic E-state index is -3.72. The Morgan fingerprint density at radius 2 is 2.00 bits per heavy atom. The van der Waals surface area contributed by atoms with Crippen molar-refractivity contribution in [2.45, 2.75) is 50.0 Å². The molecule has 0 heterocycles. The molecule has 0 radical (unpaired) electrons. The van der Waals surface area contributed by atoms with Crippen molar-refractivity contribution in [3.8, 4) is 0 Å². The quantitative estimate of drug-likeness (QED) is 0.840. The number of hydrogen-bond acceptors (Lipinski definition) is 3. The van der Waals surface area contributed by atoms with Gasteiger partial charge in [-0.1, -0.05) is 26.2 Å². The van der Waals surface area contributed by atoms with Crippen molar-refractivity contribution in [2.75, 3.05) is 5.73 Å². The Balaban J connectivity index is 2.21. The first-order valence-electron chi connectivity index (χ1n) is 7.01. The number of nitrogens with one attached hydrogen (secondary N) is 1. The van der Waals surface area contributed by atoms with Gasteiger partial charge < -0.3 is 5.73 Å². The number of anilines is 1. The Hall–Kier alpha value is -1.14. The van der Waals surface area contributed by atoms with Crippen LogP contribution in [0.4, 0.5) is 10.1 Å². The third-order valence-electron chi connectivity index (χ3n) is 3.94. The van der Waals surface area contributed by atoms with Crippen LogP contribution in [0.2, 0.25) is 0 Å². The summed E-state index contributed by atoms with van der Waals surface area (Å²) in [6, 6.07) is 3.33. The van der Waals surface area contributed by atoms with Gasteiger partial charge in [-0.3, -0.25) is 0 Å². The maximum absolute atomic E-state index is 13.3. The Labute approximate surface area is 119 Å². The van der Waals surface area contributed by atoms with E-state index < -0.39 is 15.8 Å². The third-order valence-corrected chi connectivity index (χ3v) is 5.41. The van der Waals surface area contributed by atoms with Gasteiger partial charge in [-0.25, -0.2) is 17.5 Å². The van der Waals surface area contributed by atoms with Gasteiger partial charge in [0.05, 0.1) is 4.90 Å². The average molecular weight is 300 g/mol. The lowest BCUT2D eigenvalue weighted by Crippen LogP contribution is -2.41. The van der Waals surface area contributed by atoms with E-state index in [9.17, 15) is 12.8 Å². The van der Waals surface area contributed by atoms with Gasteiger partial charge in [-0.2, -0.15) is 0 Å². The van der Waals surface area contributed by atoms with E-state index in [0.717, 1.165) is 44.2 Å². The smallest absolute Gasteiger partial charge is 0.241 e. The second-order valence-electron chi connectivity index (χ2n) is 5.40. The molecule has 1 aromatic rings. The molecule has 1 fully saturated rings. The maximum Gasteiger partial charge on any atom is 0.241 e. The van der Waals surface area contributed by atoms with Crippen molar-refractivity contribution in [3.63, 3.8) is 0 Å². The zero-order chi connectivity index (χ0) is 14.8.